The number of hydrogen-bond acceptors (Lipinski definition) is 3. The van der Waals surface area contributed by atoms with Crippen molar-refractivity contribution in [2.75, 3.05) is 5.32 Å². The lowest BCUT2D eigenvalue weighted by atomic mass is 10.0. The fourth-order valence-corrected chi connectivity index (χ4v) is 4.02. The van der Waals surface area contributed by atoms with E-state index in [2.05, 4.69) is 19.2 Å². The first-order valence-electron chi connectivity index (χ1n) is 8.79. The number of benzene rings is 3. The van der Waals surface area contributed by atoms with Crippen LogP contribution in [0.25, 0.3) is 0 Å². The van der Waals surface area contributed by atoms with Crippen molar-refractivity contribution < 1.29 is 17.6 Å². The molecule has 1 amide bonds. The molecule has 3 aromatic rings. The third kappa shape index (κ3) is 4.28. The number of nitrogens with one attached hydrogen (secondary N) is 1. The maximum atomic E-state index is 13.1. The fourth-order valence-electron chi connectivity index (χ4n) is 2.71. The molecule has 3 aromatic carbocycles. The van der Waals surface area contributed by atoms with Crippen LogP contribution < -0.4 is 5.32 Å². The van der Waals surface area contributed by atoms with Gasteiger partial charge in [0.1, 0.15) is 5.82 Å². The molecule has 0 saturated heterocycles. The summed E-state index contributed by atoms with van der Waals surface area (Å²) >= 11 is 0. The summed E-state index contributed by atoms with van der Waals surface area (Å²) in [5.41, 5.74) is 2.00. The fraction of sp³-hybridized carbons (Fsp3) is 0.136. The Bertz CT molecular complexity index is 1090. The second-order valence-corrected chi connectivity index (χ2v) is 8.67. The van der Waals surface area contributed by atoms with E-state index in [0.717, 1.165) is 17.7 Å². The molecule has 4 nitrogen and oxygen atoms in total. The van der Waals surface area contributed by atoms with Crippen molar-refractivity contribution in [2.24, 2.45) is 0 Å². The summed E-state index contributed by atoms with van der Waals surface area (Å²) in [5.74, 6) is -0.540. The second-order valence-electron chi connectivity index (χ2n) is 6.72. The van der Waals surface area contributed by atoms with E-state index < -0.39 is 21.6 Å². The molecule has 0 aliphatic carbocycles. The zero-order chi connectivity index (χ0) is 20.3. The number of halogens is 1. The lowest BCUT2D eigenvalue weighted by molar-refractivity contribution is 0.102. The van der Waals surface area contributed by atoms with E-state index in [1.807, 2.05) is 24.3 Å². The molecular weight excluding hydrogens is 377 g/mol. The van der Waals surface area contributed by atoms with Crippen LogP contribution in [0.4, 0.5) is 10.1 Å². The smallest absolute Gasteiger partial charge is 0.255 e. The van der Waals surface area contributed by atoms with Crippen LogP contribution >= 0.6 is 0 Å². The summed E-state index contributed by atoms with van der Waals surface area (Å²) in [4.78, 5) is 12.5. The molecule has 0 aromatic heterocycles. The molecule has 0 aliphatic rings. The highest BCUT2D eigenvalue weighted by molar-refractivity contribution is 7.91. The highest BCUT2D eigenvalue weighted by atomic mass is 32.2. The van der Waals surface area contributed by atoms with E-state index in [4.69, 9.17) is 0 Å². The van der Waals surface area contributed by atoms with Gasteiger partial charge in [0.2, 0.25) is 9.84 Å². The Morgan fingerprint density at radius 3 is 2.14 bits per heavy atom. The third-order valence-corrected chi connectivity index (χ3v) is 6.13. The Labute approximate surface area is 164 Å². The van der Waals surface area contributed by atoms with E-state index in [1.165, 1.54) is 30.3 Å². The number of anilines is 1. The summed E-state index contributed by atoms with van der Waals surface area (Å²) in [6.07, 6.45) is 0. The largest absolute Gasteiger partial charge is 0.322 e. The minimum absolute atomic E-state index is 0.0260. The van der Waals surface area contributed by atoms with Gasteiger partial charge in [-0.3, -0.25) is 4.79 Å². The summed E-state index contributed by atoms with van der Waals surface area (Å²) < 4.78 is 38.5. The molecule has 6 heteroatoms. The predicted octanol–water partition coefficient (Wildman–Crippen LogP) is 5.03. The van der Waals surface area contributed by atoms with Crippen LogP contribution in [-0.4, -0.2) is 14.3 Å². The van der Waals surface area contributed by atoms with Crippen LogP contribution in [0.15, 0.2) is 82.6 Å². The van der Waals surface area contributed by atoms with Gasteiger partial charge in [0.15, 0.2) is 0 Å². The molecule has 3 rings (SSSR count). The van der Waals surface area contributed by atoms with Crippen LogP contribution in [0, 0.1) is 5.82 Å². The minimum Gasteiger partial charge on any atom is -0.322 e. The topological polar surface area (TPSA) is 63.2 Å². The van der Waals surface area contributed by atoms with Gasteiger partial charge in [-0.1, -0.05) is 32.0 Å². The van der Waals surface area contributed by atoms with Gasteiger partial charge in [0, 0.05) is 11.3 Å². The first-order valence-corrected chi connectivity index (χ1v) is 10.3. The van der Waals surface area contributed by atoms with Crippen molar-refractivity contribution in [2.45, 2.75) is 29.6 Å². The van der Waals surface area contributed by atoms with Gasteiger partial charge in [-0.05, 0) is 66.1 Å². The Morgan fingerprint density at radius 1 is 0.893 bits per heavy atom. The molecule has 0 saturated carbocycles. The normalized spacial score (nSPS) is 11.4. The summed E-state index contributed by atoms with van der Waals surface area (Å²) in [6, 6.07) is 17.9. The zero-order valence-corrected chi connectivity index (χ0v) is 16.3. The molecule has 0 aliphatic heterocycles. The zero-order valence-electron chi connectivity index (χ0n) is 15.5. The van der Waals surface area contributed by atoms with Crippen LogP contribution in [-0.2, 0) is 9.84 Å². The van der Waals surface area contributed by atoms with Crippen molar-refractivity contribution in [1.29, 1.82) is 0 Å². The van der Waals surface area contributed by atoms with E-state index in [9.17, 15) is 17.6 Å². The maximum Gasteiger partial charge on any atom is 0.255 e. The molecular formula is C22H20FNO3S. The predicted molar refractivity (Wildman–Crippen MR) is 107 cm³/mol. The Balaban J connectivity index is 1.84. The van der Waals surface area contributed by atoms with Crippen molar-refractivity contribution in [3.63, 3.8) is 0 Å². The third-order valence-electron chi connectivity index (χ3n) is 4.37. The number of sulfone groups is 1. The molecule has 144 valence electrons. The standard InChI is InChI=1S/C22H20FNO3S/c1-15(2)16-6-10-19(11-7-16)24-22(25)17-4-3-5-21(14-17)28(26,27)20-12-8-18(23)9-13-20/h3-15H,1-2H3,(H,24,25). The molecule has 1 N–H and O–H groups in total. The number of hydrogen-bond donors (Lipinski definition) is 1. The van der Waals surface area contributed by atoms with Gasteiger partial charge in [-0.2, -0.15) is 0 Å². The van der Waals surface area contributed by atoms with Gasteiger partial charge in [-0.25, -0.2) is 12.8 Å². The van der Waals surface area contributed by atoms with E-state index in [-0.39, 0.29) is 15.4 Å². The molecule has 0 fully saturated rings. The second kappa shape index (κ2) is 7.94. The minimum atomic E-state index is -3.85. The first kappa shape index (κ1) is 19.8. The van der Waals surface area contributed by atoms with Gasteiger partial charge in [0.05, 0.1) is 9.79 Å². The number of carbonyl (C=O) groups excluding carboxylic acids is 1. The lowest BCUT2D eigenvalue weighted by Crippen LogP contribution is -2.13. The molecule has 0 bridgehead atoms. The van der Waals surface area contributed by atoms with E-state index in [1.54, 1.807) is 6.07 Å². The highest BCUT2D eigenvalue weighted by Crippen LogP contribution is 2.23. The molecule has 0 radical (unpaired) electrons. The average molecular weight is 397 g/mol. The number of amides is 1. The Morgan fingerprint density at radius 2 is 1.54 bits per heavy atom. The molecule has 0 heterocycles. The van der Waals surface area contributed by atoms with Gasteiger partial charge < -0.3 is 5.32 Å². The number of carbonyl (C=O) groups is 1. The maximum absolute atomic E-state index is 13.1. The van der Waals surface area contributed by atoms with Crippen molar-refractivity contribution >= 4 is 21.4 Å². The molecule has 0 unspecified atom stereocenters. The summed E-state index contributed by atoms with van der Waals surface area (Å²) in [7, 11) is -3.85. The quantitative estimate of drug-likeness (QED) is 0.614. The lowest BCUT2D eigenvalue weighted by Gasteiger charge is -2.10. The van der Waals surface area contributed by atoms with Crippen molar-refractivity contribution in [3.05, 3.63) is 89.7 Å². The Hall–Kier alpha value is -2.99. The average Bonchev–Trinajstić information content (AvgIpc) is 2.69. The van der Waals surface area contributed by atoms with Gasteiger partial charge >= 0.3 is 0 Å². The summed E-state index contributed by atoms with van der Waals surface area (Å²) in [6.45, 7) is 4.17. The van der Waals surface area contributed by atoms with Crippen LogP contribution in [0.3, 0.4) is 0 Å². The van der Waals surface area contributed by atoms with Crippen molar-refractivity contribution in [3.8, 4) is 0 Å². The summed E-state index contributed by atoms with van der Waals surface area (Å²) in [5, 5.41) is 2.77. The first-order chi connectivity index (χ1) is 13.3. The van der Waals surface area contributed by atoms with Crippen LogP contribution in [0.2, 0.25) is 0 Å². The van der Waals surface area contributed by atoms with Gasteiger partial charge in [0.25, 0.3) is 5.91 Å². The highest BCUT2D eigenvalue weighted by Gasteiger charge is 2.19. The van der Waals surface area contributed by atoms with Crippen LogP contribution in [0.5, 0.6) is 0 Å². The monoisotopic (exact) mass is 397 g/mol. The SMILES string of the molecule is CC(C)c1ccc(NC(=O)c2cccc(S(=O)(=O)c3ccc(F)cc3)c2)cc1. The van der Waals surface area contributed by atoms with Crippen molar-refractivity contribution in [1.82, 2.24) is 0 Å². The van der Waals surface area contributed by atoms with E-state index >= 15 is 0 Å². The molecule has 0 spiro atoms. The Kier molecular flexibility index (Phi) is 5.61. The molecule has 28 heavy (non-hydrogen) atoms. The van der Waals surface area contributed by atoms with Crippen LogP contribution in [0.1, 0.15) is 35.7 Å². The van der Waals surface area contributed by atoms with E-state index in [0.29, 0.717) is 11.6 Å². The number of rotatable bonds is 5. The van der Waals surface area contributed by atoms with Gasteiger partial charge in [-0.15, -0.1) is 0 Å². The molecule has 0 atom stereocenters.